The minimum Gasteiger partial charge on any atom is -0.480 e. The van der Waals surface area contributed by atoms with Crippen LogP contribution >= 0.6 is 0 Å². The van der Waals surface area contributed by atoms with Crippen LogP contribution in [0.5, 0.6) is 0 Å². The molecule has 1 aromatic heterocycles. The van der Waals surface area contributed by atoms with E-state index in [1.165, 1.54) is 12.0 Å². The number of methoxy groups -OCH3 is 1. The normalized spacial score (nSPS) is 11.7. The maximum Gasteiger partial charge on any atom is 0.328 e. The molecule has 0 fully saturated rings. The highest BCUT2D eigenvalue weighted by atomic mass is 16.5. The molecule has 2 N–H and O–H groups in total. The molecule has 0 saturated heterocycles. The fourth-order valence-corrected chi connectivity index (χ4v) is 1.62. The summed E-state index contributed by atoms with van der Waals surface area (Å²) in [6.07, 6.45) is 3.29. The van der Waals surface area contributed by atoms with Gasteiger partial charge in [0, 0.05) is 32.6 Å². The summed E-state index contributed by atoms with van der Waals surface area (Å²) < 4.78 is 4.78. The van der Waals surface area contributed by atoms with Crippen LogP contribution in [0.4, 0.5) is 4.79 Å². The highest BCUT2D eigenvalue weighted by molar-refractivity contribution is 5.82. The van der Waals surface area contributed by atoms with Crippen LogP contribution in [0.1, 0.15) is 12.5 Å². The first kappa shape index (κ1) is 15.9. The standard InChI is InChI=1S/C13H19N3O4/c1-3-16(8-10-4-6-14-7-5-10)13(19)15-11(9-20-2)12(17)18/h4-7,11H,3,8-9H2,1-2H3,(H,15,19)(H,17,18). The van der Waals surface area contributed by atoms with E-state index in [2.05, 4.69) is 10.3 Å². The minimum absolute atomic E-state index is 0.0755. The van der Waals surface area contributed by atoms with Gasteiger partial charge < -0.3 is 20.1 Å². The van der Waals surface area contributed by atoms with Gasteiger partial charge in [-0.05, 0) is 24.6 Å². The number of carbonyl (C=O) groups excluding carboxylic acids is 1. The fourth-order valence-electron chi connectivity index (χ4n) is 1.62. The molecule has 1 atom stereocenters. The lowest BCUT2D eigenvalue weighted by atomic mass is 10.2. The van der Waals surface area contributed by atoms with Crippen molar-refractivity contribution in [3.05, 3.63) is 30.1 Å². The molecule has 1 aromatic rings. The van der Waals surface area contributed by atoms with E-state index in [-0.39, 0.29) is 6.61 Å². The van der Waals surface area contributed by atoms with E-state index in [1.807, 2.05) is 6.92 Å². The molecule has 1 rings (SSSR count). The average molecular weight is 281 g/mol. The second-order valence-electron chi connectivity index (χ2n) is 4.17. The number of carbonyl (C=O) groups is 2. The number of carboxylic acids is 1. The van der Waals surface area contributed by atoms with E-state index in [0.29, 0.717) is 13.1 Å². The Labute approximate surface area is 117 Å². The van der Waals surface area contributed by atoms with Gasteiger partial charge in [-0.1, -0.05) is 0 Å². The zero-order chi connectivity index (χ0) is 15.0. The van der Waals surface area contributed by atoms with Crippen LogP contribution in [0.3, 0.4) is 0 Å². The number of hydrogen-bond donors (Lipinski definition) is 2. The van der Waals surface area contributed by atoms with Gasteiger partial charge in [-0.25, -0.2) is 9.59 Å². The Morgan fingerprint density at radius 1 is 1.45 bits per heavy atom. The number of rotatable bonds is 7. The van der Waals surface area contributed by atoms with Crippen molar-refractivity contribution in [2.75, 3.05) is 20.3 Å². The molecule has 0 aliphatic rings. The van der Waals surface area contributed by atoms with Crippen molar-refractivity contribution in [1.29, 1.82) is 0 Å². The van der Waals surface area contributed by atoms with Gasteiger partial charge in [-0.15, -0.1) is 0 Å². The monoisotopic (exact) mass is 281 g/mol. The summed E-state index contributed by atoms with van der Waals surface area (Å²) in [5.41, 5.74) is 0.926. The first-order valence-electron chi connectivity index (χ1n) is 6.24. The van der Waals surface area contributed by atoms with Crippen molar-refractivity contribution in [2.24, 2.45) is 0 Å². The maximum absolute atomic E-state index is 12.0. The second-order valence-corrected chi connectivity index (χ2v) is 4.17. The predicted octanol–water partition coefficient (Wildman–Crippen LogP) is 0.713. The Morgan fingerprint density at radius 2 is 2.10 bits per heavy atom. The van der Waals surface area contributed by atoms with E-state index in [9.17, 15) is 9.59 Å². The molecular formula is C13H19N3O4. The average Bonchev–Trinajstić information content (AvgIpc) is 2.45. The third kappa shape index (κ3) is 4.85. The van der Waals surface area contributed by atoms with Crippen LogP contribution in [0.2, 0.25) is 0 Å². The van der Waals surface area contributed by atoms with Gasteiger partial charge in [-0.2, -0.15) is 0 Å². The zero-order valence-corrected chi connectivity index (χ0v) is 11.6. The van der Waals surface area contributed by atoms with Crippen LogP contribution in [0, 0.1) is 0 Å². The van der Waals surface area contributed by atoms with Crippen molar-refractivity contribution >= 4 is 12.0 Å². The van der Waals surface area contributed by atoms with Crippen molar-refractivity contribution in [1.82, 2.24) is 15.2 Å². The number of pyridine rings is 1. The quantitative estimate of drug-likeness (QED) is 0.768. The van der Waals surface area contributed by atoms with Crippen LogP contribution in [0.15, 0.2) is 24.5 Å². The highest BCUT2D eigenvalue weighted by Crippen LogP contribution is 2.03. The molecule has 110 valence electrons. The molecular weight excluding hydrogens is 262 g/mol. The van der Waals surface area contributed by atoms with Crippen LogP contribution in [-0.4, -0.2) is 53.3 Å². The first-order chi connectivity index (χ1) is 9.58. The van der Waals surface area contributed by atoms with E-state index in [4.69, 9.17) is 9.84 Å². The Balaban J connectivity index is 2.64. The third-order valence-electron chi connectivity index (χ3n) is 2.72. The van der Waals surface area contributed by atoms with Crippen LogP contribution in [0.25, 0.3) is 0 Å². The van der Waals surface area contributed by atoms with Gasteiger partial charge in [0.1, 0.15) is 0 Å². The summed E-state index contributed by atoms with van der Waals surface area (Å²) >= 11 is 0. The topological polar surface area (TPSA) is 91.8 Å². The van der Waals surface area contributed by atoms with E-state index >= 15 is 0 Å². The van der Waals surface area contributed by atoms with Crippen molar-refractivity contribution in [3.63, 3.8) is 0 Å². The molecule has 7 heteroatoms. The molecule has 0 spiro atoms. The van der Waals surface area contributed by atoms with Gasteiger partial charge in [0.25, 0.3) is 0 Å². The lowest BCUT2D eigenvalue weighted by Crippen LogP contribution is -2.49. The Bertz CT molecular complexity index is 439. The van der Waals surface area contributed by atoms with E-state index in [0.717, 1.165) is 5.56 Å². The number of urea groups is 1. The number of nitrogens with one attached hydrogen (secondary N) is 1. The lowest BCUT2D eigenvalue weighted by Gasteiger charge is -2.23. The molecule has 0 aliphatic heterocycles. The SMILES string of the molecule is CCN(Cc1ccncc1)C(=O)NC(COC)C(=O)O. The van der Waals surface area contributed by atoms with Crippen molar-refractivity contribution in [2.45, 2.75) is 19.5 Å². The number of aromatic nitrogens is 1. The largest absolute Gasteiger partial charge is 0.480 e. The third-order valence-corrected chi connectivity index (χ3v) is 2.72. The molecule has 1 unspecified atom stereocenters. The summed E-state index contributed by atoms with van der Waals surface area (Å²) in [6, 6.07) is 2.12. The number of amides is 2. The smallest absolute Gasteiger partial charge is 0.328 e. The van der Waals surface area contributed by atoms with Gasteiger partial charge in [0.2, 0.25) is 0 Å². The predicted molar refractivity (Wildman–Crippen MR) is 72.2 cm³/mol. The fraction of sp³-hybridized carbons (Fsp3) is 0.462. The number of ether oxygens (including phenoxy) is 1. The molecule has 0 saturated carbocycles. The molecule has 7 nitrogen and oxygen atoms in total. The van der Waals surface area contributed by atoms with Crippen molar-refractivity contribution < 1.29 is 19.4 Å². The number of hydrogen-bond acceptors (Lipinski definition) is 4. The second kappa shape index (κ2) is 8.11. The molecule has 0 radical (unpaired) electrons. The Morgan fingerprint density at radius 3 is 2.60 bits per heavy atom. The van der Waals surface area contributed by atoms with Gasteiger partial charge >= 0.3 is 12.0 Å². The van der Waals surface area contributed by atoms with Gasteiger partial charge in [0.05, 0.1) is 6.61 Å². The molecule has 0 bridgehead atoms. The number of nitrogens with zero attached hydrogens (tertiary/aromatic N) is 2. The van der Waals surface area contributed by atoms with E-state index < -0.39 is 18.0 Å². The lowest BCUT2D eigenvalue weighted by molar-refractivity contribution is -0.140. The molecule has 2 amide bonds. The summed E-state index contributed by atoms with van der Waals surface area (Å²) in [5.74, 6) is -1.12. The molecule has 0 aliphatic carbocycles. The Kier molecular flexibility index (Phi) is 6.45. The minimum atomic E-state index is -1.12. The molecule has 1 heterocycles. The number of carboxylic acid groups (broad SMARTS) is 1. The summed E-state index contributed by atoms with van der Waals surface area (Å²) in [7, 11) is 1.39. The summed E-state index contributed by atoms with van der Waals surface area (Å²) in [4.78, 5) is 28.4. The van der Waals surface area contributed by atoms with Crippen LogP contribution < -0.4 is 5.32 Å². The zero-order valence-electron chi connectivity index (χ0n) is 11.6. The molecule has 20 heavy (non-hydrogen) atoms. The summed E-state index contributed by atoms with van der Waals surface area (Å²) in [6.45, 7) is 2.61. The first-order valence-corrected chi connectivity index (χ1v) is 6.24. The van der Waals surface area contributed by atoms with Gasteiger partial charge in [-0.3, -0.25) is 4.98 Å². The van der Waals surface area contributed by atoms with E-state index in [1.54, 1.807) is 24.5 Å². The summed E-state index contributed by atoms with van der Waals surface area (Å²) in [5, 5.41) is 11.4. The maximum atomic E-state index is 12.0. The van der Waals surface area contributed by atoms with Crippen LogP contribution in [-0.2, 0) is 16.1 Å². The number of aliphatic carboxylic acids is 1. The van der Waals surface area contributed by atoms with Crippen molar-refractivity contribution in [3.8, 4) is 0 Å². The Hall–Kier alpha value is -2.15. The van der Waals surface area contributed by atoms with Gasteiger partial charge in [0.15, 0.2) is 6.04 Å². The highest BCUT2D eigenvalue weighted by Gasteiger charge is 2.22. The molecule has 0 aromatic carbocycles.